The fraction of sp³-hybridized carbons (Fsp3) is 0. The van der Waals surface area contributed by atoms with Gasteiger partial charge in [-0.2, -0.15) is 0 Å². The van der Waals surface area contributed by atoms with Gasteiger partial charge in [0.25, 0.3) is 0 Å². The molecule has 0 saturated carbocycles. The predicted octanol–water partition coefficient (Wildman–Crippen LogP) is -8.09. The summed E-state index contributed by atoms with van der Waals surface area (Å²) in [6.07, 6.45) is 0. The van der Waals surface area contributed by atoms with Crippen molar-refractivity contribution < 1.29 is 38.4 Å². The molecule has 0 aliphatic heterocycles. The van der Waals surface area contributed by atoms with Crippen LogP contribution in [-0.4, -0.2) is 39.7 Å². The Balaban J connectivity index is -0.0000000457. The minimum Gasteiger partial charge on any atom is -0.894 e. The van der Waals surface area contributed by atoms with Crippen LogP contribution >= 0.6 is 7.82 Å². The van der Waals surface area contributed by atoms with Gasteiger partial charge in [-0.1, -0.05) is 0 Å². The van der Waals surface area contributed by atoms with Crippen LogP contribution in [0.5, 0.6) is 0 Å². The largest absolute Gasteiger partial charge is 3.00 e. The number of rotatable bonds is 0. The summed E-state index contributed by atoms with van der Waals surface area (Å²) in [6, 6.07) is 0. The van der Waals surface area contributed by atoms with Crippen molar-refractivity contribution in [3.05, 3.63) is 0 Å². The van der Waals surface area contributed by atoms with E-state index < -0.39 is 16.9 Å². The quantitative estimate of drug-likeness (QED) is 0.312. The topological polar surface area (TPSA) is 176 Å². The molecule has 0 atom stereocenters. The maximum absolute atomic E-state index is 8.66. The van der Waals surface area contributed by atoms with Gasteiger partial charge in [0.1, 0.15) is 0 Å². The summed E-state index contributed by atoms with van der Waals surface area (Å²) < 4.78 is 8.66. The van der Waals surface area contributed by atoms with Crippen LogP contribution in [0.4, 0.5) is 0 Å². The zero-order chi connectivity index (χ0) is 9.00. The van der Waals surface area contributed by atoms with E-state index in [1.165, 1.54) is 0 Å². The Kier molecular flexibility index (Phi) is 16.0. The average Bonchev–Trinajstić information content (AvgIpc) is 1.12. The summed E-state index contributed by atoms with van der Waals surface area (Å²) in [7, 11) is -10.8. The zero-order valence-electron chi connectivity index (χ0n) is 5.41. The first-order valence-corrected chi connectivity index (χ1v) is 4.69. The second-order valence-electron chi connectivity index (χ2n) is 0.969. The predicted molar refractivity (Wildman–Crippen MR) is 27.1 cm³/mol. The minimum absolute atomic E-state index is 0. The molecule has 64 valence electrons. The van der Waals surface area contributed by atoms with Crippen LogP contribution in [0.2, 0.25) is 0 Å². The molecular weight excluding hydrogens is 225 g/mol. The maximum atomic E-state index is 8.66. The van der Waals surface area contributed by atoms with Crippen LogP contribution in [0, 0.1) is 0 Å². The van der Waals surface area contributed by atoms with E-state index in [0.29, 0.717) is 0 Å². The molecule has 12 heteroatoms. The van der Waals surface area contributed by atoms with Crippen molar-refractivity contribution in [2.24, 2.45) is 0 Å². The SMILES string of the molecule is O=P([O-])([O-])O.[Al+3].[B+3].[O-][Si]([O-])([O-])[O-]. The molecule has 0 aromatic rings. The van der Waals surface area contributed by atoms with Gasteiger partial charge < -0.3 is 47.5 Å². The standard InChI is InChI=1S/Al.B.H3O4P.O4Si/c;;2*1-5(2,3)4/h;;(H3,1,2,3,4);/q2*+3;;-4/p-2. The average molecular weight is 226 g/mol. The van der Waals surface area contributed by atoms with Crippen molar-refractivity contribution in [3.63, 3.8) is 0 Å². The Bertz CT molecular complexity index is 111. The van der Waals surface area contributed by atoms with Crippen molar-refractivity contribution in [1.29, 1.82) is 0 Å². The molecule has 0 amide bonds. The molecule has 0 rings (SSSR count). The molecule has 0 aromatic carbocycles. The summed E-state index contributed by atoms with van der Waals surface area (Å²) in [6.45, 7) is 0. The molecule has 0 unspecified atom stereocenters. The molecule has 0 saturated heterocycles. The molecule has 0 aliphatic carbocycles. The van der Waals surface area contributed by atoms with Crippen LogP contribution in [-0.2, 0) is 4.57 Å². The summed E-state index contributed by atoms with van der Waals surface area (Å²) in [4.78, 5) is 58.6. The molecule has 0 heterocycles. The molecule has 1 N–H and O–H groups in total. The summed E-state index contributed by atoms with van der Waals surface area (Å²) in [5, 5.41) is 0. The monoisotopic (exact) mass is 226 g/mol. The normalized spacial score (nSPS) is 9.92. The van der Waals surface area contributed by atoms with E-state index in [0.717, 1.165) is 0 Å². The second kappa shape index (κ2) is 8.37. The van der Waals surface area contributed by atoms with E-state index in [9.17, 15) is 0 Å². The van der Waals surface area contributed by atoms with Gasteiger partial charge in [0.2, 0.25) is 0 Å². The molecule has 0 radical (unpaired) electrons. The van der Waals surface area contributed by atoms with Crippen LogP contribution < -0.4 is 29.0 Å². The van der Waals surface area contributed by atoms with Gasteiger partial charge in [-0.3, -0.25) is 0 Å². The van der Waals surface area contributed by atoms with Gasteiger partial charge in [0, 0.05) is 0 Å². The Hall–Kier alpha value is 0.764. The Labute approximate surface area is 81.6 Å². The third-order valence-corrected chi connectivity index (χ3v) is 0. The second-order valence-corrected chi connectivity index (χ2v) is 2.91. The van der Waals surface area contributed by atoms with Crippen molar-refractivity contribution in [2.75, 3.05) is 0 Å². The summed E-state index contributed by atoms with van der Waals surface area (Å²) in [5.74, 6) is 0. The van der Waals surface area contributed by atoms with E-state index >= 15 is 0 Å². The molecule has 8 nitrogen and oxygen atoms in total. The molecular formula is HAlBO8PSi. The first kappa shape index (κ1) is 23.0. The van der Waals surface area contributed by atoms with Gasteiger partial charge in [-0.05, 0) is 0 Å². The van der Waals surface area contributed by atoms with Gasteiger partial charge in [-0.25, -0.2) is 0 Å². The minimum atomic E-state index is -5.61. The first-order chi connectivity index (χ1) is 4.00. The summed E-state index contributed by atoms with van der Waals surface area (Å²) >= 11 is 0. The van der Waals surface area contributed by atoms with Crippen LogP contribution in [0.15, 0.2) is 0 Å². The van der Waals surface area contributed by atoms with Crippen molar-refractivity contribution in [3.8, 4) is 0 Å². The van der Waals surface area contributed by atoms with E-state index in [2.05, 4.69) is 0 Å². The summed E-state index contributed by atoms with van der Waals surface area (Å²) in [5.41, 5.74) is 0. The number of hydrogen-bond acceptors (Lipinski definition) is 7. The van der Waals surface area contributed by atoms with Crippen LogP contribution in [0.25, 0.3) is 0 Å². The van der Waals surface area contributed by atoms with Gasteiger partial charge >= 0.3 is 25.8 Å². The third-order valence-electron chi connectivity index (χ3n) is 0. The Morgan fingerprint density at radius 3 is 1.08 bits per heavy atom. The fourth-order valence-electron chi connectivity index (χ4n) is 0. The van der Waals surface area contributed by atoms with Gasteiger partial charge in [0.05, 0.1) is 7.82 Å². The Morgan fingerprint density at radius 2 is 1.08 bits per heavy atom. The number of hydrogen-bond donors (Lipinski definition) is 1. The Morgan fingerprint density at radius 1 is 1.08 bits per heavy atom. The van der Waals surface area contributed by atoms with E-state index in [1.807, 2.05) is 0 Å². The van der Waals surface area contributed by atoms with E-state index in [4.69, 9.17) is 38.4 Å². The zero-order valence-corrected chi connectivity index (χ0v) is 8.46. The van der Waals surface area contributed by atoms with Gasteiger partial charge in [-0.15, -0.1) is 0 Å². The van der Waals surface area contributed by atoms with Crippen LogP contribution in [0.3, 0.4) is 0 Å². The van der Waals surface area contributed by atoms with Gasteiger partial charge in [0.15, 0.2) is 0 Å². The van der Waals surface area contributed by atoms with E-state index in [-0.39, 0.29) is 25.8 Å². The van der Waals surface area contributed by atoms with Crippen molar-refractivity contribution in [2.45, 2.75) is 0 Å². The molecule has 0 fully saturated rings. The van der Waals surface area contributed by atoms with Crippen molar-refractivity contribution in [1.82, 2.24) is 0 Å². The van der Waals surface area contributed by atoms with Crippen LogP contribution in [0.1, 0.15) is 0 Å². The third kappa shape index (κ3) is 1760. The number of phosphoric acid groups is 1. The molecule has 0 aromatic heterocycles. The fourth-order valence-corrected chi connectivity index (χ4v) is 0. The molecule has 0 spiro atoms. The van der Waals surface area contributed by atoms with E-state index in [1.54, 1.807) is 0 Å². The van der Waals surface area contributed by atoms with Crippen molar-refractivity contribution >= 4 is 42.6 Å². The molecule has 0 bridgehead atoms. The smallest absolute Gasteiger partial charge is 0.894 e. The first-order valence-electron chi connectivity index (χ1n) is 1.56. The maximum Gasteiger partial charge on any atom is 3.00 e. The molecule has 12 heavy (non-hydrogen) atoms. The molecule has 0 aliphatic rings.